The molecule has 0 aliphatic heterocycles. The van der Waals surface area contributed by atoms with Crippen molar-refractivity contribution in [2.75, 3.05) is 0 Å². The molecule has 6 nitrogen and oxygen atoms in total. The van der Waals surface area contributed by atoms with Gasteiger partial charge >= 0.3 is 0 Å². The highest BCUT2D eigenvalue weighted by Gasteiger charge is 2.24. The summed E-state index contributed by atoms with van der Waals surface area (Å²) >= 11 is 0. The SMILES string of the molecule is Cc1noc(C(NC(=O)Cn2c(-c3ccccc3)cc3ccccc32)C(C)C)n1. The number of hydrogen-bond acceptors (Lipinski definition) is 4. The van der Waals surface area contributed by atoms with E-state index in [0.29, 0.717) is 11.7 Å². The molecule has 4 aromatic rings. The van der Waals surface area contributed by atoms with Crippen molar-refractivity contribution in [2.24, 2.45) is 5.92 Å². The van der Waals surface area contributed by atoms with Crippen molar-refractivity contribution >= 4 is 16.8 Å². The van der Waals surface area contributed by atoms with E-state index in [0.717, 1.165) is 22.2 Å². The smallest absolute Gasteiger partial charge is 0.249 e. The molecule has 0 spiro atoms. The summed E-state index contributed by atoms with van der Waals surface area (Å²) in [6.07, 6.45) is 0. The molecule has 0 aliphatic rings. The number of hydrogen-bond donors (Lipinski definition) is 1. The maximum absolute atomic E-state index is 13.0. The van der Waals surface area contributed by atoms with E-state index in [2.05, 4.69) is 44.3 Å². The molecular weight excluding hydrogens is 364 g/mol. The molecule has 0 saturated carbocycles. The molecule has 0 saturated heterocycles. The average Bonchev–Trinajstić information content (AvgIpc) is 3.30. The number of aromatic nitrogens is 3. The van der Waals surface area contributed by atoms with Gasteiger partial charge in [-0.3, -0.25) is 4.79 Å². The van der Waals surface area contributed by atoms with Gasteiger partial charge < -0.3 is 14.4 Å². The van der Waals surface area contributed by atoms with E-state index in [1.807, 2.05) is 50.2 Å². The molecule has 1 N–H and O–H groups in total. The van der Waals surface area contributed by atoms with Crippen molar-refractivity contribution in [1.29, 1.82) is 0 Å². The fraction of sp³-hybridized carbons (Fsp3) is 0.261. The van der Waals surface area contributed by atoms with Crippen molar-refractivity contribution in [3.05, 3.63) is 72.4 Å². The highest BCUT2D eigenvalue weighted by Crippen LogP contribution is 2.28. The quantitative estimate of drug-likeness (QED) is 0.527. The first kappa shape index (κ1) is 18.9. The predicted octanol–water partition coefficient (Wildman–Crippen LogP) is 4.51. The summed E-state index contributed by atoms with van der Waals surface area (Å²) in [6.45, 7) is 6.01. The Balaban J connectivity index is 1.65. The predicted molar refractivity (Wildman–Crippen MR) is 112 cm³/mol. The largest absolute Gasteiger partial charge is 0.342 e. The van der Waals surface area contributed by atoms with Gasteiger partial charge in [-0.1, -0.05) is 67.5 Å². The fourth-order valence-corrected chi connectivity index (χ4v) is 3.54. The van der Waals surface area contributed by atoms with Crippen molar-refractivity contribution in [3.63, 3.8) is 0 Å². The van der Waals surface area contributed by atoms with E-state index >= 15 is 0 Å². The summed E-state index contributed by atoms with van der Waals surface area (Å²) in [6, 6.07) is 20.0. The van der Waals surface area contributed by atoms with Crippen LogP contribution in [-0.2, 0) is 11.3 Å². The molecule has 2 aromatic carbocycles. The Morgan fingerprint density at radius 3 is 2.52 bits per heavy atom. The molecule has 1 amide bonds. The Morgan fingerprint density at radius 1 is 1.10 bits per heavy atom. The van der Waals surface area contributed by atoms with Gasteiger partial charge in [0.2, 0.25) is 11.8 Å². The Hall–Kier alpha value is -3.41. The first-order valence-electron chi connectivity index (χ1n) is 9.76. The van der Waals surface area contributed by atoms with Gasteiger partial charge in [-0.15, -0.1) is 0 Å². The van der Waals surface area contributed by atoms with Crippen molar-refractivity contribution < 1.29 is 9.32 Å². The molecule has 6 heteroatoms. The van der Waals surface area contributed by atoms with Crippen LogP contribution in [0.2, 0.25) is 0 Å². The number of rotatable bonds is 6. The van der Waals surface area contributed by atoms with Gasteiger partial charge in [0.15, 0.2) is 5.82 Å². The zero-order valence-electron chi connectivity index (χ0n) is 16.8. The van der Waals surface area contributed by atoms with E-state index in [9.17, 15) is 4.79 Å². The fourth-order valence-electron chi connectivity index (χ4n) is 3.54. The Labute approximate surface area is 169 Å². The number of aryl methyl sites for hydroxylation is 1. The van der Waals surface area contributed by atoms with Crippen LogP contribution in [0.15, 0.2) is 65.2 Å². The van der Waals surface area contributed by atoms with E-state index in [1.54, 1.807) is 6.92 Å². The number of nitrogens with one attached hydrogen (secondary N) is 1. The highest BCUT2D eigenvalue weighted by atomic mass is 16.5. The Kier molecular flexibility index (Phi) is 5.16. The number of carbonyl (C=O) groups excluding carboxylic acids is 1. The third-order valence-electron chi connectivity index (χ3n) is 4.97. The monoisotopic (exact) mass is 388 g/mol. The number of para-hydroxylation sites is 1. The Bertz CT molecular complexity index is 1130. The number of carbonyl (C=O) groups is 1. The minimum atomic E-state index is -0.328. The molecule has 148 valence electrons. The molecule has 1 atom stereocenters. The van der Waals surface area contributed by atoms with E-state index in [4.69, 9.17) is 4.52 Å². The number of nitrogens with zero attached hydrogens (tertiary/aromatic N) is 3. The van der Waals surface area contributed by atoms with Crippen LogP contribution in [0.1, 0.15) is 31.6 Å². The lowest BCUT2D eigenvalue weighted by atomic mass is 10.0. The first-order valence-corrected chi connectivity index (χ1v) is 9.76. The summed E-state index contributed by atoms with van der Waals surface area (Å²) < 4.78 is 7.36. The summed E-state index contributed by atoms with van der Waals surface area (Å²) in [5.41, 5.74) is 3.11. The summed E-state index contributed by atoms with van der Waals surface area (Å²) in [5.74, 6) is 1.01. The summed E-state index contributed by atoms with van der Waals surface area (Å²) in [5, 5.41) is 8.03. The standard InChI is InChI=1S/C23H24N4O2/c1-15(2)22(23-24-16(3)26-29-23)25-21(28)14-27-19-12-8-7-11-18(19)13-20(27)17-9-5-4-6-10-17/h4-13,15,22H,14H2,1-3H3,(H,25,28). The zero-order valence-corrected chi connectivity index (χ0v) is 16.8. The van der Waals surface area contributed by atoms with Gasteiger partial charge in [-0.05, 0) is 30.5 Å². The van der Waals surface area contributed by atoms with E-state index in [-0.39, 0.29) is 24.4 Å². The van der Waals surface area contributed by atoms with Crippen LogP contribution < -0.4 is 5.32 Å². The molecule has 29 heavy (non-hydrogen) atoms. The van der Waals surface area contributed by atoms with E-state index < -0.39 is 0 Å². The topological polar surface area (TPSA) is 73.0 Å². The van der Waals surface area contributed by atoms with Gasteiger partial charge in [-0.2, -0.15) is 4.98 Å². The number of benzene rings is 2. The minimum absolute atomic E-state index is 0.0990. The van der Waals surface area contributed by atoms with Crippen LogP contribution in [0.5, 0.6) is 0 Å². The lowest BCUT2D eigenvalue weighted by Crippen LogP contribution is -2.34. The van der Waals surface area contributed by atoms with Gasteiger partial charge in [0, 0.05) is 16.6 Å². The molecule has 4 rings (SSSR count). The molecule has 0 fully saturated rings. The number of amides is 1. The highest BCUT2D eigenvalue weighted by molar-refractivity contribution is 5.89. The molecule has 2 heterocycles. The van der Waals surface area contributed by atoms with Crippen LogP contribution in [0.3, 0.4) is 0 Å². The molecule has 1 unspecified atom stereocenters. The zero-order chi connectivity index (χ0) is 20.4. The van der Waals surface area contributed by atoms with E-state index in [1.165, 1.54) is 0 Å². The van der Waals surface area contributed by atoms with Crippen molar-refractivity contribution in [3.8, 4) is 11.3 Å². The van der Waals surface area contributed by atoms with Gasteiger partial charge in [0.05, 0.1) is 0 Å². The normalized spacial score (nSPS) is 12.4. The number of fused-ring (bicyclic) bond motifs is 1. The van der Waals surface area contributed by atoms with Gasteiger partial charge in [-0.25, -0.2) is 0 Å². The second-order valence-electron chi connectivity index (χ2n) is 7.51. The second kappa shape index (κ2) is 7.91. The average molecular weight is 388 g/mol. The van der Waals surface area contributed by atoms with Crippen LogP contribution in [0.4, 0.5) is 0 Å². The lowest BCUT2D eigenvalue weighted by Gasteiger charge is -2.19. The minimum Gasteiger partial charge on any atom is -0.342 e. The summed E-state index contributed by atoms with van der Waals surface area (Å²) in [4.78, 5) is 17.3. The third kappa shape index (κ3) is 3.92. The maximum atomic E-state index is 13.0. The lowest BCUT2D eigenvalue weighted by molar-refractivity contribution is -0.122. The van der Waals surface area contributed by atoms with Crippen LogP contribution in [0.25, 0.3) is 22.2 Å². The van der Waals surface area contributed by atoms with Crippen LogP contribution in [-0.4, -0.2) is 20.6 Å². The van der Waals surface area contributed by atoms with Crippen LogP contribution >= 0.6 is 0 Å². The first-order chi connectivity index (χ1) is 14.0. The maximum Gasteiger partial charge on any atom is 0.249 e. The molecular formula is C23H24N4O2. The third-order valence-corrected chi connectivity index (χ3v) is 4.97. The molecule has 0 aliphatic carbocycles. The van der Waals surface area contributed by atoms with Crippen molar-refractivity contribution in [1.82, 2.24) is 20.0 Å². The second-order valence-corrected chi connectivity index (χ2v) is 7.51. The Morgan fingerprint density at radius 2 is 1.83 bits per heavy atom. The van der Waals surface area contributed by atoms with Gasteiger partial charge in [0.1, 0.15) is 12.6 Å². The summed E-state index contributed by atoms with van der Waals surface area (Å²) in [7, 11) is 0. The van der Waals surface area contributed by atoms with Crippen molar-refractivity contribution in [2.45, 2.75) is 33.4 Å². The molecule has 2 aromatic heterocycles. The van der Waals surface area contributed by atoms with Gasteiger partial charge in [0.25, 0.3) is 0 Å². The molecule has 0 radical (unpaired) electrons. The molecule has 0 bridgehead atoms. The van der Waals surface area contributed by atoms with Crippen LogP contribution in [0, 0.1) is 12.8 Å².